The first kappa shape index (κ1) is 33.2. The third-order valence-electron chi connectivity index (χ3n) is 8.99. The van der Waals surface area contributed by atoms with E-state index in [0.29, 0.717) is 13.0 Å². The van der Waals surface area contributed by atoms with Gasteiger partial charge in [-0.3, -0.25) is 19.2 Å². The monoisotopic (exact) mass is 583 g/mol. The first-order chi connectivity index (χ1) is 19.7. The number of terminal acetylenes is 1. The van der Waals surface area contributed by atoms with Crippen molar-refractivity contribution in [1.29, 1.82) is 0 Å². The lowest BCUT2D eigenvalue weighted by Gasteiger charge is -2.37. The molecule has 0 bridgehead atoms. The summed E-state index contributed by atoms with van der Waals surface area (Å²) in [5.41, 5.74) is -0.630. The summed E-state index contributed by atoms with van der Waals surface area (Å²) in [6.45, 7) is 14.0. The summed E-state index contributed by atoms with van der Waals surface area (Å²) in [7, 11) is 0. The van der Waals surface area contributed by atoms with Crippen LogP contribution >= 0.6 is 0 Å². The summed E-state index contributed by atoms with van der Waals surface area (Å²) in [6.07, 6.45) is 12.5. The summed E-state index contributed by atoms with van der Waals surface area (Å²) in [6, 6.07) is -3.05. The molecule has 4 N–H and O–H groups in total. The van der Waals surface area contributed by atoms with E-state index in [-0.39, 0.29) is 48.5 Å². The number of rotatable bonds is 12. The number of likely N-dealkylation sites (tertiary alicyclic amines) is 1. The third kappa shape index (κ3) is 7.93. The molecule has 10 heteroatoms. The van der Waals surface area contributed by atoms with Crippen molar-refractivity contribution in [1.82, 2.24) is 26.2 Å². The summed E-state index contributed by atoms with van der Waals surface area (Å²) < 4.78 is 0. The highest BCUT2D eigenvalue weighted by Gasteiger charge is 2.69. The first-order valence-corrected chi connectivity index (χ1v) is 15.3. The zero-order valence-corrected chi connectivity index (χ0v) is 25.9. The average molecular weight is 584 g/mol. The topological polar surface area (TPSA) is 137 Å². The predicted molar refractivity (Wildman–Crippen MR) is 161 cm³/mol. The quantitative estimate of drug-likeness (QED) is 0.121. The van der Waals surface area contributed by atoms with Crippen LogP contribution in [0.25, 0.3) is 0 Å². The molecule has 2 aliphatic carbocycles. The van der Waals surface area contributed by atoms with E-state index in [4.69, 9.17) is 6.42 Å². The van der Waals surface area contributed by atoms with Gasteiger partial charge in [0.15, 0.2) is 0 Å². The van der Waals surface area contributed by atoms with Gasteiger partial charge in [-0.15, -0.1) is 18.9 Å². The average Bonchev–Trinajstić information content (AvgIpc) is 3.24. The fourth-order valence-electron chi connectivity index (χ4n) is 6.66. The number of nitrogens with zero attached hydrogens (tertiary/aromatic N) is 1. The largest absolute Gasteiger partial charge is 0.348 e. The van der Waals surface area contributed by atoms with Crippen molar-refractivity contribution < 1.29 is 24.0 Å². The number of hydrogen-bond donors (Lipinski definition) is 4. The Balaban J connectivity index is 1.83. The molecule has 10 nitrogen and oxygen atoms in total. The molecule has 3 aliphatic rings. The minimum atomic E-state index is -1.07. The number of fused-ring (bicyclic) bond motifs is 1. The van der Waals surface area contributed by atoms with Crippen LogP contribution in [0.5, 0.6) is 0 Å². The molecular formula is C32H49N5O5. The van der Waals surface area contributed by atoms with Gasteiger partial charge in [-0.25, -0.2) is 4.79 Å². The minimum Gasteiger partial charge on any atom is -0.348 e. The zero-order chi connectivity index (χ0) is 31.2. The molecule has 5 amide bonds. The smallest absolute Gasteiger partial charge is 0.315 e. The molecule has 1 heterocycles. The van der Waals surface area contributed by atoms with Crippen LogP contribution in [-0.2, 0) is 19.2 Å². The maximum Gasteiger partial charge on any atom is 0.315 e. The molecule has 1 aliphatic heterocycles. The Hall–Kier alpha value is -3.35. The van der Waals surface area contributed by atoms with E-state index in [1.54, 1.807) is 11.0 Å². The van der Waals surface area contributed by atoms with Gasteiger partial charge in [-0.05, 0) is 69.6 Å². The lowest BCUT2D eigenvalue weighted by atomic mass is 9.83. The number of ketones is 1. The van der Waals surface area contributed by atoms with E-state index in [2.05, 4.69) is 47.6 Å². The highest BCUT2D eigenvalue weighted by atomic mass is 16.2. The summed E-state index contributed by atoms with van der Waals surface area (Å²) >= 11 is 0. The zero-order valence-electron chi connectivity index (χ0n) is 25.9. The summed E-state index contributed by atoms with van der Waals surface area (Å²) in [5.74, 6) is 0.124. The predicted octanol–water partition coefficient (Wildman–Crippen LogP) is 2.68. The molecule has 42 heavy (non-hydrogen) atoms. The number of amides is 5. The van der Waals surface area contributed by atoms with Gasteiger partial charge in [-0.1, -0.05) is 39.2 Å². The van der Waals surface area contributed by atoms with Crippen LogP contribution in [-0.4, -0.2) is 71.2 Å². The molecule has 3 fully saturated rings. The second kappa shape index (κ2) is 13.7. The van der Waals surface area contributed by atoms with E-state index in [1.807, 2.05) is 20.8 Å². The van der Waals surface area contributed by atoms with Crippen LogP contribution in [0.15, 0.2) is 12.7 Å². The standard InChI is InChI=1S/C32H49N5O5/c1-8-10-17-22(26(38)28(40)33-18-11-9-2)34-27(39)25-23-21(32(23,6)7)19-37(25)29(41)24(20-15-13-12-14-16-20)35-30(42)36-31(3,4)5/h2,8,20-25H,1,10-19H2,3-7H3,(H,33,40)(H,34,39)(H2,35,36,42)/t21-,22?,23-,24-,25-/m0/s1. The van der Waals surface area contributed by atoms with Crippen molar-refractivity contribution in [2.24, 2.45) is 23.2 Å². The molecule has 0 aromatic heterocycles. The number of urea groups is 1. The highest BCUT2D eigenvalue weighted by Crippen LogP contribution is 2.65. The van der Waals surface area contributed by atoms with Crippen LogP contribution in [0, 0.1) is 35.5 Å². The van der Waals surface area contributed by atoms with Crippen molar-refractivity contribution in [2.75, 3.05) is 13.1 Å². The fourth-order valence-corrected chi connectivity index (χ4v) is 6.66. The molecule has 2 saturated carbocycles. The van der Waals surface area contributed by atoms with Gasteiger partial charge >= 0.3 is 6.03 Å². The second-order valence-electron chi connectivity index (χ2n) is 13.6. The van der Waals surface area contributed by atoms with Gasteiger partial charge in [0.2, 0.25) is 17.6 Å². The number of piperidine rings is 1. The van der Waals surface area contributed by atoms with Crippen LogP contribution in [0.4, 0.5) is 4.79 Å². The summed E-state index contributed by atoms with van der Waals surface area (Å²) in [5, 5.41) is 11.2. The molecule has 232 valence electrons. The third-order valence-corrected chi connectivity index (χ3v) is 8.99. The molecular weight excluding hydrogens is 534 g/mol. The minimum absolute atomic E-state index is 0.0285. The van der Waals surface area contributed by atoms with Crippen LogP contribution < -0.4 is 21.3 Å². The Bertz CT molecular complexity index is 1100. The van der Waals surface area contributed by atoms with Crippen LogP contribution in [0.1, 0.15) is 86.0 Å². The van der Waals surface area contributed by atoms with Gasteiger partial charge in [-0.2, -0.15) is 0 Å². The van der Waals surface area contributed by atoms with Crippen LogP contribution in [0.3, 0.4) is 0 Å². The molecule has 0 aromatic rings. The van der Waals surface area contributed by atoms with E-state index in [9.17, 15) is 24.0 Å². The van der Waals surface area contributed by atoms with Crippen molar-refractivity contribution in [3.05, 3.63) is 12.7 Å². The number of allylic oxidation sites excluding steroid dienone is 1. The van der Waals surface area contributed by atoms with Crippen molar-refractivity contribution in [2.45, 2.75) is 110 Å². The Morgan fingerprint density at radius 2 is 1.76 bits per heavy atom. The number of Topliss-reactive ketones (excluding diaryl/α,β-unsaturated/α-hetero) is 1. The first-order valence-electron chi connectivity index (χ1n) is 15.3. The Morgan fingerprint density at radius 1 is 1.10 bits per heavy atom. The van der Waals surface area contributed by atoms with E-state index in [0.717, 1.165) is 32.1 Å². The van der Waals surface area contributed by atoms with Crippen LogP contribution in [0.2, 0.25) is 0 Å². The van der Waals surface area contributed by atoms with Gasteiger partial charge < -0.3 is 26.2 Å². The molecule has 5 atom stereocenters. The normalized spacial score (nSPS) is 24.3. The van der Waals surface area contributed by atoms with E-state index < -0.39 is 47.3 Å². The lowest BCUT2D eigenvalue weighted by molar-refractivity contribution is -0.144. The summed E-state index contributed by atoms with van der Waals surface area (Å²) in [4.78, 5) is 68.2. The van der Waals surface area contributed by atoms with E-state index in [1.165, 1.54) is 0 Å². The van der Waals surface area contributed by atoms with E-state index >= 15 is 0 Å². The maximum absolute atomic E-state index is 14.2. The van der Waals surface area contributed by atoms with Crippen molar-refractivity contribution in [3.63, 3.8) is 0 Å². The Morgan fingerprint density at radius 3 is 2.36 bits per heavy atom. The number of hydrogen-bond acceptors (Lipinski definition) is 5. The SMILES string of the molecule is C#CCCNC(=O)C(=O)C(CCC=C)NC(=O)[C@@H]1[C@@H]2[C@H](CN1C(=O)[C@@H](NC(=O)NC(C)(C)C)C1CCCCC1)C2(C)C. The molecule has 0 radical (unpaired) electrons. The number of nitrogens with one attached hydrogen (secondary N) is 4. The lowest BCUT2D eigenvalue weighted by Crippen LogP contribution is -2.61. The van der Waals surface area contributed by atoms with Crippen molar-refractivity contribution >= 4 is 29.5 Å². The van der Waals surface area contributed by atoms with Gasteiger partial charge in [0.05, 0.1) is 6.04 Å². The number of carbonyl (C=O) groups excluding carboxylic acids is 5. The molecule has 1 unspecified atom stereocenters. The van der Waals surface area contributed by atoms with Gasteiger partial charge in [0, 0.05) is 25.0 Å². The molecule has 3 rings (SSSR count). The molecule has 1 saturated heterocycles. The van der Waals surface area contributed by atoms with Gasteiger partial charge in [0.25, 0.3) is 5.91 Å². The fraction of sp³-hybridized carbons (Fsp3) is 0.719. The highest BCUT2D eigenvalue weighted by molar-refractivity contribution is 6.38. The Kier molecular flexibility index (Phi) is 10.9. The number of carbonyl (C=O) groups is 5. The molecule has 0 spiro atoms. The van der Waals surface area contributed by atoms with Gasteiger partial charge in [0.1, 0.15) is 12.1 Å². The second-order valence-corrected chi connectivity index (χ2v) is 13.6. The van der Waals surface area contributed by atoms with Crippen molar-refractivity contribution in [3.8, 4) is 12.3 Å². The maximum atomic E-state index is 14.2. The Labute approximate surface area is 250 Å². The molecule has 0 aromatic carbocycles.